The highest BCUT2D eigenvalue weighted by molar-refractivity contribution is 14.2. The van der Waals surface area contributed by atoms with Crippen LogP contribution in [0.2, 0.25) is 0 Å². The van der Waals surface area contributed by atoms with E-state index >= 15 is 0 Å². The summed E-state index contributed by atoms with van der Waals surface area (Å²) in [6.07, 6.45) is 0.664. The van der Waals surface area contributed by atoms with E-state index in [9.17, 15) is 18.0 Å². The number of pyridine rings is 1. The van der Waals surface area contributed by atoms with Crippen LogP contribution in [-0.2, 0) is 11.8 Å². The molecule has 2 atom stereocenters. The van der Waals surface area contributed by atoms with Gasteiger partial charge in [0, 0.05) is 38.2 Å². The van der Waals surface area contributed by atoms with Gasteiger partial charge >= 0.3 is 6.18 Å². The summed E-state index contributed by atoms with van der Waals surface area (Å²) < 4.78 is 38.7. The average Bonchev–Trinajstić information content (AvgIpc) is 3.29. The first-order valence-electron chi connectivity index (χ1n) is 9.14. The van der Waals surface area contributed by atoms with Gasteiger partial charge in [0.05, 0.1) is 18.1 Å². The van der Waals surface area contributed by atoms with E-state index in [0.29, 0.717) is 24.6 Å². The van der Waals surface area contributed by atoms with Crippen LogP contribution in [0, 0.1) is 0 Å². The minimum atomic E-state index is -4.00. The number of carbonyl (C=O) groups excluding carboxylic acids is 1. The summed E-state index contributed by atoms with van der Waals surface area (Å²) in [5, 5.41) is 14.1. The normalized spacial score (nSPS) is 12.5. The number of likely N-dealkylation sites (N-methyl/N-ethyl adjacent to an activating group) is 1. The molecule has 0 aliphatic carbocycles. The molecule has 0 aliphatic heterocycles. The quantitative estimate of drug-likeness (QED) is 0.226. The van der Waals surface area contributed by atoms with Gasteiger partial charge in [0.25, 0.3) is 5.88 Å². The van der Waals surface area contributed by atoms with E-state index in [-0.39, 0.29) is 13.0 Å². The van der Waals surface area contributed by atoms with Crippen molar-refractivity contribution in [2.24, 2.45) is 7.05 Å². The molecule has 3 aromatic heterocycles. The number of hydrogen-bond donors (Lipinski definition) is 0. The average molecular weight is 583 g/mol. The summed E-state index contributed by atoms with van der Waals surface area (Å²) in [5.41, 5.74) is 2.94. The molecule has 0 saturated heterocycles. The SMILES string of the molecule is C=Cc1nn(PI)c2ncc(-c3nn(C)nc3OCC(C)N(C)C=O)cc12.CC(F)(F)F. The number of nitrogens with zero attached hydrogens (tertiary/aromatic N) is 7. The van der Waals surface area contributed by atoms with E-state index < -0.39 is 6.18 Å². The summed E-state index contributed by atoms with van der Waals surface area (Å²) in [7, 11) is 3.44. The number of amides is 1. The summed E-state index contributed by atoms with van der Waals surface area (Å²) >= 11 is 2.26. The topological polar surface area (TPSA) is 91.0 Å². The van der Waals surface area contributed by atoms with Crippen LogP contribution >= 0.6 is 28.4 Å². The Labute approximate surface area is 197 Å². The Morgan fingerprint density at radius 2 is 2.03 bits per heavy atom. The third-order valence-electron chi connectivity index (χ3n) is 4.10. The molecule has 0 bridgehead atoms. The fourth-order valence-electron chi connectivity index (χ4n) is 2.45. The zero-order valence-corrected chi connectivity index (χ0v) is 20.9. The molecule has 14 heteroatoms. The van der Waals surface area contributed by atoms with Crippen LogP contribution in [0.5, 0.6) is 5.88 Å². The van der Waals surface area contributed by atoms with Gasteiger partial charge in [-0.05, 0) is 41.1 Å². The number of alkyl halides is 3. The first-order valence-corrected chi connectivity index (χ1v) is 13.2. The molecule has 9 nitrogen and oxygen atoms in total. The van der Waals surface area contributed by atoms with Gasteiger partial charge < -0.3 is 9.64 Å². The van der Waals surface area contributed by atoms with Crippen LogP contribution in [0.1, 0.15) is 19.5 Å². The molecule has 32 heavy (non-hydrogen) atoms. The van der Waals surface area contributed by atoms with Crippen molar-refractivity contribution < 1.29 is 22.7 Å². The van der Waals surface area contributed by atoms with E-state index in [1.165, 1.54) is 4.80 Å². The predicted octanol–water partition coefficient (Wildman–Crippen LogP) is 4.09. The lowest BCUT2D eigenvalue weighted by Crippen LogP contribution is -2.32. The highest BCUT2D eigenvalue weighted by Gasteiger charge is 2.19. The molecule has 0 saturated carbocycles. The van der Waals surface area contributed by atoms with Gasteiger partial charge in [-0.2, -0.15) is 23.1 Å². The number of carbonyl (C=O) groups is 1. The Hall–Kier alpha value is -2.28. The van der Waals surface area contributed by atoms with Crippen molar-refractivity contribution in [3.63, 3.8) is 0 Å². The molecule has 0 fully saturated rings. The molecular formula is C18H22F3IN7O2P. The van der Waals surface area contributed by atoms with Crippen LogP contribution < -0.4 is 4.74 Å². The second kappa shape index (κ2) is 11.0. The van der Waals surface area contributed by atoms with Crippen molar-refractivity contribution in [3.8, 4) is 17.1 Å². The predicted molar refractivity (Wildman–Crippen MR) is 126 cm³/mol. The van der Waals surface area contributed by atoms with Crippen LogP contribution in [0.3, 0.4) is 0 Å². The highest BCUT2D eigenvalue weighted by atomic mass is 127. The lowest BCUT2D eigenvalue weighted by molar-refractivity contribution is -0.119. The van der Waals surface area contributed by atoms with Gasteiger partial charge in [0.2, 0.25) is 6.41 Å². The number of rotatable bonds is 8. The van der Waals surface area contributed by atoms with Gasteiger partial charge in [-0.3, -0.25) is 4.79 Å². The second-order valence-electron chi connectivity index (χ2n) is 6.74. The molecule has 0 N–H and O–H groups in total. The number of aromatic nitrogens is 6. The number of hydrogen-bond acceptors (Lipinski definition) is 6. The molecule has 0 spiro atoms. The van der Waals surface area contributed by atoms with Crippen molar-refractivity contribution >= 4 is 51.9 Å². The summed E-state index contributed by atoms with van der Waals surface area (Å²) in [5.74, 6) is 0.396. The van der Waals surface area contributed by atoms with E-state index in [1.54, 1.807) is 31.3 Å². The molecule has 0 aromatic carbocycles. The maximum atomic E-state index is 10.9. The smallest absolute Gasteiger partial charge is 0.386 e. The molecule has 3 aromatic rings. The van der Waals surface area contributed by atoms with Crippen LogP contribution in [0.15, 0.2) is 18.8 Å². The third kappa shape index (κ3) is 6.86. The van der Waals surface area contributed by atoms with Gasteiger partial charge in [-0.1, -0.05) is 6.58 Å². The number of halogens is 4. The van der Waals surface area contributed by atoms with Crippen molar-refractivity contribution in [1.29, 1.82) is 0 Å². The van der Waals surface area contributed by atoms with Crippen molar-refractivity contribution in [2.75, 3.05) is 13.7 Å². The number of ether oxygens (including phenoxy) is 1. The minimum absolute atomic E-state index is 0.0896. The zero-order valence-electron chi connectivity index (χ0n) is 17.8. The van der Waals surface area contributed by atoms with E-state index in [0.717, 1.165) is 28.7 Å². The van der Waals surface area contributed by atoms with Gasteiger partial charge in [0.1, 0.15) is 6.61 Å². The lowest BCUT2D eigenvalue weighted by Gasteiger charge is -2.19. The molecule has 2 unspecified atom stereocenters. The molecular weight excluding hydrogens is 561 g/mol. The minimum Gasteiger partial charge on any atom is -0.473 e. The standard InChI is InChI=1S/C16H19IN7O2P.C2H3F3/c1-5-13-12-6-11(7-18-15(12)24(19-13)27-17)14-16(21-23(4)20-14)26-8-10(2)22(3)9-25;1-2(3,4)5/h5-7,9-10,27H,1,8H2,2-4H3;1H3. The van der Waals surface area contributed by atoms with E-state index in [4.69, 9.17) is 4.74 Å². The third-order valence-corrected chi connectivity index (χ3v) is 5.95. The monoisotopic (exact) mass is 583 g/mol. The molecule has 0 radical (unpaired) electrons. The molecule has 3 heterocycles. The summed E-state index contributed by atoms with van der Waals surface area (Å²) in [6.45, 7) is 6.23. The number of fused-ring (bicyclic) bond motifs is 1. The first kappa shape index (κ1) is 26.0. The Balaban J connectivity index is 0.000000654. The Bertz CT molecular complexity index is 1080. The van der Waals surface area contributed by atoms with Crippen molar-refractivity contribution in [2.45, 2.75) is 26.1 Å². The molecule has 3 rings (SSSR count). The largest absolute Gasteiger partial charge is 0.473 e. The highest BCUT2D eigenvalue weighted by Crippen LogP contribution is 2.33. The lowest BCUT2D eigenvalue weighted by atomic mass is 10.1. The maximum Gasteiger partial charge on any atom is 0.386 e. The molecule has 0 aliphatic rings. The first-order chi connectivity index (χ1) is 15.0. The summed E-state index contributed by atoms with van der Waals surface area (Å²) in [4.78, 5) is 18.4. The maximum absolute atomic E-state index is 10.9. The van der Waals surface area contributed by atoms with Crippen LogP contribution in [0.25, 0.3) is 28.4 Å². The molecule has 174 valence electrons. The number of aryl methyl sites for hydroxylation is 1. The fourth-order valence-corrected chi connectivity index (χ4v) is 3.86. The Morgan fingerprint density at radius 1 is 1.38 bits per heavy atom. The van der Waals surface area contributed by atoms with E-state index in [2.05, 4.69) is 48.9 Å². The Kier molecular flexibility index (Phi) is 8.96. The second-order valence-corrected chi connectivity index (χ2v) is 8.78. The fraction of sp³-hybridized carbons (Fsp3) is 0.389. The zero-order chi connectivity index (χ0) is 24.1. The van der Waals surface area contributed by atoms with Crippen LogP contribution in [-0.4, -0.2) is 66.7 Å². The molecule has 1 amide bonds. The van der Waals surface area contributed by atoms with Crippen LogP contribution in [0.4, 0.5) is 13.2 Å². The van der Waals surface area contributed by atoms with E-state index in [1.807, 2.05) is 17.4 Å². The van der Waals surface area contributed by atoms with Gasteiger partial charge in [-0.15, -0.1) is 10.2 Å². The van der Waals surface area contributed by atoms with Crippen molar-refractivity contribution in [3.05, 3.63) is 24.5 Å². The summed E-state index contributed by atoms with van der Waals surface area (Å²) in [6, 6.07) is 1.88. The van der Waals surface area contributed by atoms with Gasteiger partial charge in [0.15, 0.2) is 11.3 Å². The van der Waals surface area contributed by atoms with Crippen molar-refractivity contribution in [1.82, 2.24) is 34.4 Å². The van der Waals surface area contributed by atoms with Gasteiger partial charge in [-0.25, -0.2) is 9.44 Å². The Morgan fingerprint density at radius 3 is 2.59 bits per heavy atom.